The maximum atomic E-state index is 15.3. The first-order valence-corrected chi connectivity index (χ1v) is 13.5. The van der Waals surface area contributed by atoms with E-state index >= 15 is 4.39 Å². The molecule has 10 heteroatoms. The minimum atomic E-state index is -3.75. The van der Waals surface area contributed by atoms with Crippen LogP contribution in [-0.2, 0) is 10.0 Å². The smallest absolute Gasteiger partial charge is 0.232 e. The third-order valence-electron chi connectivity index (χ3n) is 5.87. The number of allylic oxidation sites excluding steroid dienone is 1. The number of nitrogens with zero attached hydrogens (tertiary/aromatic N) is 1. The van der Waals surface area contributed by atoms with E-state index in [1.54, 1.807) is 25.4 Å². The fourth-order valence-corrected chi connectivity index (χ4v) is 5.16. The van der Waals surface area contributed by atoms with Gasteiger partial charge in [0, 0.05) is 29.9 Å². The third-order valence-corrected chi connectivity index (χ3v) is 7.23. The molecule has 0 radical (unpaired) electrons. The number of fused-ring (bicyclic) bond motifs is 1. The van der Waals surface area contributed by atoms with Gasteiger partial charge in [0.15, 0.2) is 23.1 Å². The topological polar surface area (TPSA) is 107 Å². The van der Waals surface area contributed by atoms with Gasteiger partial charge in [-0.1, -0.05) is 32.1 Å². The molecule has 194 valence electrons. The number of sulfonamides is 1. The normalized spacial score (nSPS) is 12.6. The first-order chi connectivity index (χ1) is 17.7. The van der Waals surface area contributed by atoms with Crippen molar-refractivity contribution < 1.29 is 27.1 Å². The zero-order valence-electron chi connectivity index (χ0n) is 20.6. The number of pyridine rings is 1. The Bertz CT molecular complexity index is 1460. The number of halogens is 1. The molecule has 0 unspecified atom stereocenters. The lowest BCUT2D eigenvalue weighted by Gasteiger charge is -2.19. The lowest BCUT2D eigenvalue weighted by atomic mass is 9.95. The second-order valence-corrected chi connectivity index (χ2v) is 10.3. The van der Waals surface area contributed by atoms with Gasteiger partial charge in [-0.3, -0.25) is 9.52 Å². The second kappa shape index (κ2) is 11.0. The van der Waals surface area contributed by atoms with E-state index < -0.39 is 21.6 Å². The minimum Gasteiger partial charge on any atom is -0.486 e. The van der Waals surface area contributed by atoms with Crippen LogP contribution < -0.4 is 19.5 Å². The Kier molecular flexibility index (Phi) is 7.77. The van der Waals surface area contributed by atoms with Crippen molar-refractivity contribution in [3.63, 3.8) is 0 Å². The van der Waals surface area contributed by atoms with Crippen LogP contribution >= 0.6 is 0 Å². The largest absolute Gasteiger partial charge is 0.486 e. The zero-order valence-corrected chi connectivity index (χ0v) is 21.5. The summed E-state index contributed by atoms with van der Waals surface area (Å²) in [5, 5.41) is 2.93. The molecule has 0 saturated heterocycles. The number of carbonyl (C=O) groups is 1. The number of Topliss-reactive ketones (excluding diaryl/α,β-unsaturated/α-hetero) is 1. The van der Waals surface area contributed by atoms with Crippen LogP contribution in [0.1, 0.15) is 35.7 Å². The average Bonchev–Trinajstić information content (AvgIpc) is 2.91. The molecule has 37 heavy (non-hydrogen) atoms. The monoisotopic (exact) mass is 525 g/mol. The summed E-state index contributed by atoms with van der Waals surface area (Å²) in [4.78, 5) is 17.8. The van der Waals surface area contributed by atoms with E-state index in [-0.39, 0.29) is 22.6 Å². The Labute approximate surface area is 215 Å². The third kappa shape index (κ3) is 5.75. The molecule has 1 aliphatic heterocycles. The molecule has 0 aliphatic carbocycles. The van der Waals surface area contributed by atoms with Crippen LogP contribution in [-0.4, -0.2) is 45.2 Å². The molecule has 0 bridgehead atoms. The van der Waals surface area contributed by atoms with Crippen LogP contribution in [0.5, 0.6) is 11.5 Å². The van der Waals surface area contributed by atoms with Gasteiger partial charge in [0.25, 0.3) is 0 Å². The van der Waals surface area contributed by atoms with Crippen molar-refractivity contribution in [3.8, 4) is 22.6 Å². The van der Waals surface area contributed by atoms with Crippen molar-refractivity contribution >= 4 is 32.9 Å². The number of hydrogen-bond acceptors (Lipinski definition) is 7. The predicted molar refractivity (Wildman–Crippen MR) is 142 cm³/mol. The molecular formula is C27H28FN3O5S. The Morgan fingerprint density at radius 2 is 1.84 bits per heavy atom. The molecule has 0 amide bonds. The second-order valence-electron chi connectivity index (χ2n) is 8.48. The molecule has 1 aliphatic rings. The highest BCUT2D eigenvalue weighted by Crippen LogP contribution is 2.36. The number of carbonyl (C=O) groups excluding carboxylic acids is 1. The van der Waals surface area contributed by atoms with E-state index in [0.29, 0.717) is 54.5 Å². The lowest BCUT2D eigenvalue weighted by molar-refractivity contribution is 0.105. The SMILES string of the molecule is C=C(C(=O)c1cccc(NS(=O)(=O)CCCC)c1F)c1cc(-c2ccc3c(c2)OCCO3)cnc1NC. The van der Waals surface area contributed by atoms with Gasteiger partial charge >= 0.3 is 0 Å². The highest BCUT2D eigenvalue weighted by atomic mass is 32.2. The van der Waals surface area contributed by atoms with Crippen molar-refractivity contribution in [1.29, 1.82) is 0 Å². The Morgan fingerprint density at radius 3 is 2.57 bits per heavy atom. The van der Waals surface area contributed by atoms with Gasteiger partial charge in [-0.15, -0.1) is 0 Å². The van der Waals surface area contributed by atoms with E-state index in [1.165, 1.54) is 18.2 Å². The number of aromatic nitrogens is 1. The number of rotatable bonds is 10. The van der Waals surface area contributed by atoms with Crippen molar-refractivity contribution in [3.05, 3.63) is 72.2 Å². The van der Waals surface area contributed by atoms with Crippen molar-refractivity contribution in [2.75, 3.05) is 36.1 Å². The van der Waals surface area contributed by atoms with Gasteiger partial charge in [-0.25, -0.2) is 17.8 Å². The molecule has 8 nitrogen and oxygen atoms in total. The molecule has 0 atom stereocenters. The first-order valence-electron chi connectivity index (χ1n) is 11.8. The number of anilines is 2. The number of unbranched alkanes of at least 4 members (excludes halogenated alkanes) is 1. The quantitative estimate of drug-likeness (QED) is 0.279. The lowest BCUT2D eigenvalue weighted by Crippen LogP contribution is -2.18. The molecule has 2 heterocycles. The minimum absolute atomic E-state index is 0.00105. The fourth-order valence-electron chi connectivity index (χ4n) is 3.90. The Hall–Kier alpha value is -3.92. The van der Waals surface area contributed by atoms with E-state index in [1.807, 2.05) is 19.1 Å². The van der Waals surface area contributed by atoms with Crippen LogP contribution in [0.25, 0.3) is 16.7 Å². The molecule has 0 saturated carbocycles. The summed E-state index contributed by atoms with van der Waals surface area (Å²) in [6, 6.07) is 11.2. The van der Waals surface area contributed by atoms with E-state index in [4.69, 9.17) is 9.47 Å². The van der Waals surface area contributed by atoms with E-state index in [9.17, 15) is 13.2 Å². The summed E-state index contributed by atoms with van der Waals surface area (Å²) in [6.07, 6.45) is 2.76. The van der Waals surface area contributed by atoms with Crippen LogP contribution in [0, 0.1) is 5.82 Å². The van der Waals surface area contributed by atoms with Crippen molar-refractivity contribution in [1.82, 2.24) is 4.98 Å². The van der Waals surface area contributed by atoms with Gasteiger partial charge in [0.05, 0.1) is 17.0 Å². The molecule has 0 spiro atoms. The highest BCUT2D eigenvalue weighted by molar-refractivity contribution is 7.92. The summed E-state index contributed by atoms with van der Waals surface area (Å²) >= 11 is 0. The fraction of sp³-hybridized carbons (Fsp3) is 0.259. The van der Waals surface area contributed by atoms with Crippen LogP contribution in [0.15, 0.2) is 55.2 Å². The van der Waals surface area contributed by atoms with Crippen LogP contribution in [0.3, 0.4) is 0 Å². The van der Waals surface area contributed by atoms with E-state index in [0.717, 1.165) is 5.56 Å². The zero-order chi connectivity index (χ0) is 26.6. The van der Waals surface area contributed by atoms with Gasteiger partial charge in [-0.05, 0) is 42.3 Å². The first kappa shape index (κ1) is 26.2. The van der Waals surface area contributed by atoms with Crippen LogP contribution in [0.2, 0.25) is 0 Å². The predicted octanol–water partition coefficient (Wildman–Crippen LogP) is 5.14. The molecule has 3 aromatic rings. The molecule has 0 fully saturated rings. The average molecular weight is 526 g/mol. The summed E-state index contributed by atoms with van der Waals surface area (Å²) in [6.45, 7) is 6.71. The van der Waals surface area contributed by atoms with Gasteiger partial charge in [0.1, 0.15) is 19.0 Å². The number of ether oxygens (including phenoxy) is 2. The standard InChI is InChI=1S/C27H28FN3O5S/c1-4-5-13-37(33,34)31-22-8-6-7-20(25(22)28)26(32)17(2)21-14-19(16-30-27(21)29-3)18-9-10-23-24(15-18)36-12-11-35-23/h6-10,14-16,31H,2,4-5,11-13H2,1,3H3,(H,29,30). The summed E-state index contributed by atoms with van der Waals surface area (Å²) in [5.74, 6) is -0.150. The molecule has 1 aromatic heterocycles. The molecule has 4 rings (SSSR count). The maximum Gasteiger partial charge on any atom is 0.232 e. The number of ketones is 1. The molecular weight excluding hydrogens is 497 g/mol. The molecule has 2 aromatic carbocycles. The van der Waals surface area contributed by atoms with E-state index in [2.05, 4.69) is 21.6 Å². The summed E-state index contributed by atoms with van der Waals surface area (Å²) in [7, 11) is -2.10. The highest BCUT2D eigenvalue weighted by Gasteiger charge is 2.23. The Morgan fingerprint density at radius 1 is 1.08 bits per heavy atom. The van der Waals surface area contributed by atoms with Gasteiger partial charge in [0.2, 0.25) is 10.0 Å². The van der Waals surface area contributed by atoms with Crippen molar-refractivity contribution in [2.24, 2.45) is 0 Å². The van der Waals surface area contributed by atoms with Gasteiger partial charge in [-0.2, -0.15) is 0 Å². The number of nitrogens with one attached hydrogen (secondary N) is 2. The number of hydrogen-bond donors (Lipinski definition) is 2. The van der Waals surface area contributed by atoms with Crippen LogP contribution in [0.4, 0.5) is 15.9 Å². The maximum absolute atomic E-state index is 15.3. The van der Waals surface area contributed by atoms with Crippen molar-refractivity contribution in [2.45, 2.75) is 19.8 Å². The van der Waals surface area contributed by atoms with Gasteiger partial charge < -0.3 is 14.8 Å². The summed E-state index contributed by atoms with van der Waals surface area (Å²) in [5.41, 5.74) is 1.28. The Balaban J connectivity index is 1.66. The summed E-state index contributed by atoms with van der Waals surface area (Å²) < 4.78 is 53.3. The number of benzene rings is 2. The molecule has 2 N–H and O–H groups in total.